The van der Waals surface area contributed by atoms with Crippen molar-refractivity contribution in [1.29, 1.82) is 0 Å². The van der Waals surface area contributed by atoms with E-state index in [1.165, 1.54) is 7.11 Å². The number of phenols is 1. The second kappa shape index (κ2) is 13.0. The Morgan fingerprint density at radius 1 is 1.07 bits per heavy atom. The molecule has 160 valence electrons. The molecule has 7 nitrogen and oxygen atoms in total. The number of halogens is 1. The summed E-state index contributed by atoms with van der Waals surface area (Å²) in [5, 5.41) is 16.6. The molecule has 0 fully saturated rings. The van der Waals surface area contributed by atoms with Crippen molar-refractivity contribution in [3.8, 4) is 23.0 Å². The van der Waals surface area contributed by atoms with Gasteiger partial charge in [-0.2, -0.15) is 0 Å². The number of hydrogen-bond donors (Lipinski definition) is 3. The molecule has 0 saturated heterocycles. The molecule has 0 aliphatic carbocycles. The van der Waals surface area contributed by atoms with E-state index in [1.54, 1.807) is 13.2 Å². The van der Waals surface area contributed by atoms with E-state index < -0.39 is 0 Å². The molecule has 1 unspecified atom stereocenters. The van der Waals surface area contributed by atoms with Crippen LogP contribution in [0.1, 0.15) is 19.4 Å². The Morgan fingerprint density at radius 3 is 2.48 bits per heavy atom. The molecule has 8 heteroatoms. The largest absolute Gasteiger partial charge is 0.504 e. The Balaban J connectivity index is 0.00000420. The average Bonchev–Trinajstić information content (AvgIpc) is 2.71. The van der Waals surface area contributed by atoms with Gasteiger partial charge in [-0.1, -0.05) is 18.2 Å². The summed E-state index contributed by atoms with van der Waals surface area (Å²) in [7, 11) is 3.15. The van der Waals surface area contributed by atoms with Gasteiger partial charge in [0, 0.05) is 18.2 Å². The fourth-order valence-corrected chi connectivity index (χ4v) is 2.55. The number of hydrogen-bond acceptors (Lipinski definition) is 5. The number of guanidine groups is 1. The molecule has 0 heterocycles. The maximum absolute atomic E-state index is 10.2. The number of rotatable bonds is 9. The Morgan fingerprint density at radius 2 is 1.79 bits per heavy atom. The molecular weight excluding hydrogens is 485 g/mol. The van der Waals surface area contributed by atoms with Gasteiger partial charge in [0.05, 0.1) is 27.3 Å². The Labute approximate surface area is 189 Å². The molecule has 0 amide bonds. The van der Waals surface area contributed by atoms with Gasteiger partial charge < -0.3 is 30.0 Å². The lowest BCUT2D eigenvalue weighted by atomic mass is 10.2. The van der Waals surface area contributed by atoms with Crippen LogP contribution in [0.25, 0.3) is 0 Å². The lowest BCUT2D eigenvalue weighted by molar-refractivity contribution is 0.223. The number of aliphatic imine (C=N–C) groups is 1. The van der Waals surface area contributed by atoms with E-state index in [0.717, 1.165) is 18.0 Å². The van der Waals surface area contributed by atoms with Crippen molar-refractivity contribution in [3.05, 3.63) is 48.0 Å². The summed E-state index contributed by atoms with van der Waals surface area (Å²) in [5.41, 5.74) is 0.692. The van der Waals surface area contributed by atoms with Crippen LogP contribution in [0.3, 0.4) is 0 Å². The number of benzene rings is 2. The standard InChI is InChI=1S/C21H29N3O4.HI/c1-5-22-21(24-14-16-8-6-11-19(27-4)20(16)25)23-13-15(2)28-18-10-7-9-17(12-18)26-3;/h6-12,15,25H,5,13-14H2,1-4H3,(H2,22,23,24);1H. The lowest BCUT2D eigenvalue weighted by Crippen LogP contribution is -2.41. The fourth-order valence-electron chi connectivity index (χ4n) is 2.55. The lowest BCUT2D eigenvalue weighted by Gasteiger charge is -2.18. The highest BCUT2D eigenvalue weighted by Crippen LogP contribution is 2.29. The predicted molar refractivity (Wildman–Crippen MR) is 126 cm³/mol. The van der Waals surface area contributed by atoms with Crippen LogP contribution in [0.2, 0.25) is 0 Å². The van der Waals surface area contributed by atoms with Crippen LogP contribution in [-0.2, 0) is 6.54 Å². The van der Waals surface area contributed by atoms with Crippen LogP contribution < -0.4 is 24.8 Å². The monoisotopic (exact) mass is 515 g/mol. The van der Waals surface area contributed by atoms with Gasteiger partial charge in [0.1, 0.15) is 17.6 Å². The third-order valence-corrected chi connectivity index (χ3v) is 3.99. The highest BCUT2D eigenvalue weighted by Gasteiger charge is 2.09. The summed E-state index contributed by atoms with van der Waals surface area (Å²) in [6, 6.07) is 12.9. The zero-order valence-corrected chi connectivity index (χ0v) is 19.6. The number of nitrogens with one attached hydrogen (secondary N) is 2. The first-order valence-electron chi connectivity index (χ1n) is 9.25. The van der Waals surface area contributed by atoms with Gasteiger partial charge >= 0.3 is 0 Å². The molecular formula is C21H30IN3O4. The molecule has 2 rings (SSSR count). The van der Waals surface area contributed by atoms with Crippen LogP contribution in [0.15, 0.2) is 47.5 Å². The third kappa shape index (κ3) is 7.88. The minimum absolute atomic E-state index is 0. The van der Waals surface area contributed by atoms with Crippen molar-refractivity contribution in [1.82, 2.24) is 10.6 Å². The molecule has 2 aromatic rings. The number of aromatic hydroxyl groups is 1. The summed E-state index contributed by atoms with van der Waals surface area (Å²) in [4.78, 5) is 4.53. The zero-order chi connectivity index (χ0) is 20.4. The first kappa shape index (κ1) is 24.7. The van der Waals surface area contributed by atoms with Gasteiger partial charge in [0.25, 0.3) is 0 Å². The SMILES string of the molecule is CCNC(=NCc1cccc(OC)c1O)NCC(C)Oc1cccc(OC)c1.I. The number of methoxy groups -OCH3 is 2. The Kier molecular flexibility index (Phi) is 11.0. The second-order valence-electron chi connectivity index (χ2n) is 6.15. The highest BCUT2D eigenvalue weighted by atomic mass is 127. The van der Waals surface area contributed by atoms with E-state index >= 15 is 0 Å². The van der Waals surface area contributed by atoms with Crippen LogP contribution in [0, 0.1) is 0 Å². The molecule has 2 aromatic carbocycles. The van der Waals surface area contributed by atoms with Crippen molar-refractivity contribution >= 4 is 29.9 Å². The summed E-state index contributed by atoms with van der Waals surface area (Å²) >= 11 is 0. The first-order valence-corrected chi connectivity index (χ1v) is 9.25. The number of para-hydroxylation sites is 1. The third-order valence-electron chi connectivity index (χ3n) is 3.99. The normalized spacial score (nSPS) is 11.8. The van der Waals surface area contributed by atoms with Crippen LogP contribution in [0.4, 0.5) is 0 Å². The minimum atomic E-state index is -0.0822. The van der Waals surface area contributed by atoms with Gasteiger partial charge in [-0.05, 0) is 32.0 Å². The molecule has 1 atom stereocenters. The molecule has 3 N–H and O–H groups in total. The average molecular weight is 515 g/mol. The maximum Gasteiger partial charge on any atom is 0.191 e. The molecule has 0 radical (unpaired) electrons. The van der Waals surface area contributed by atoms with E-state index in [0.29, 0.717) is 30.4 Å². The minimum Gasteiger partial charge on any atom is -0.504 e. The van der Waals surface area contributed by atoms with Gasteiger partial charge in [-0.25, -0.2) is 4.99 Å². The van der Waals surface area contributed by atoms with Crippen molar-refractivity contribution in [3.63, 3.8) is 0 Å². The van der Waals surface area contributed by atoms with Crippen LogP contribution in [0.5, 0.6) is 23.0 Å². The maximum atomic E-state index is 10.2. The quantitative estimate of drug-likeness (QED) is 0.269. The molecule has 0 aromatic heterocycles. The molecule has 0 saturated carbocycles. The van der Waals surface area contributed by atoms with Gasteiger partial charge in [0.15, 0.2) is 17.5 Å². The van der Waals surface area contributed by atoms with Crippen molar-refractivity contribution in [2.24, 2.45) is 4.99 Å². The smallest absolute Gasteiger partial charge is 0.191 e. The number of nitrogens with zero attached hydrogens (tertiary/aromatic N) is 1. The van der Waals surface area contributed by atoms with E-state index in [1.807, 2.05) is 50.2 Å². The van der Waals surface area contributed by atoms with Gasteiger partial charge in [0.2, 0.25) is 0 Å². The van der Waals surface area contributed by atoms with Crippen LogP contribution in [-0.4, -0.2) is 44.5 Å². The second-order valence-corrected chi connectivity index (χ2v) is 6.15. The summed E-state index contributed by atoms with van der Waals surface area (Å²) in [6.45, 7) is 5.58. The van der Waals surface area contributed by atoms with Gasteiger partial charge in [-0.15, -0.1) is 24.0 Å². The zero-order valence-electron chi connectivity index (χ0n) is 17.3. The van der Waals surface area contributed by atoms with Crippen molar-refractivity contribution in [2.75, 3.05) is 27.3 Å². The highest BCUT2D eigenvalue weighted by molar-refractivity contribution is 14.0. The molecule has 0 spiro atoms. The van der Waals surface area contributed by atoms with Crippen molar-refractivity contribution in [2.45, 2.75) is 26.5 Å². The predicted octanol–water partition coefficient (Wildman–Crippen LogP) is 3.55. The molecule has 29 heavy (non-hydrogen) atoms. The topological polar surface area (TPSA) is 84.3 Å². The molecule has 0 bridgehead atoms. The van der Waals surface area contributed by atoms with Crippen LogP contribution >= 0.6 is 24.0 Å². The number of phenolic OH excluding ortho intramolecular Hbond substituents is 1. The van der Waals surface area contributed by atoms with Crippen molar-refractivity contribution < 1.29 is 19.3 Å². The molecule has 0 aliphatic heterocycles. The summed E-state index contributed by atoms with van der Waals surface area (Å²) < 4.78 is 16.3. The van der Waals surface area contributed by atoms with E-state index in [9.17, 15) is 5.11 Å². The summed E-state index contributed by atoms with van der Waals surface area (Å²) in [5.74, 6) is 2.69. The fraction of sp³-hybridized carbons (Fsp3) is 0.381. The molecule has 0 aliphatic rings. The van der Waals surface area contributed by atoms with Gasteiger partial charge in [-0.3, -0.25) is 0 Å². The van der Waals surface area contributed by atoms with E-state index in [2.05, 4.69) is 15.6 Å². The number of ether oxygens (including phenoxy) is 3. The Bertz CT molecular complexity index is 786. The van der Waals surface area contributed by atoms with E-state index in [4.69, 9.17) is 14.2 Å². The van der Waals surface area contributed by atoms with E-state index in [-0.39, 0.29) is 35.8 Å². The Hall–Kier alpha value is -2.36. The summed E-state index contributed by atoms with van der Waals surface area (Å²) in [6.07, 6.45) is -0.0822. The first-order chi connectivity index (χ1) is 13.6.